The number of hydrogen-bond acceptors (Lipinski definition) is 0. The Labute approximate surface area is 71.3 Å². The molecule has 0 fully saturated rings. The summed E-state index contributed by atoms with van der Waals surface area (Å²) in [5.41, 5.74) is 1.41. The van der Waals surface area contributed by atoms with Crippen molar-refractivity contribution in [3.05, 3.63) is 35.9 Å². The fourth-order valence-corrected chi connectivity index (χ4v) is 0.714. The van der Waals surface area contributed by atoms with Crippen molar-refractivity contribution in [2.24, 2.45) is 0 Å². The predicted molar refractivity (Wildman–Crippen MR) is 53.9 cm³/mol. The van der Waals surface area contributed by atoms with Gasteiger partial charge in [0.25, 0.3) is 0 Å². The second-order valence-corrected chi connectivity index (χ2v) is 1.84. The second-order valence-electron chi connectivity index (χ2n) is 1.84. The van der Waals surface area contributed by atoms with Crippen LogP contribution >= 0.6 is 0 Å². The third-order valence-electron chi connectivity index (χ3n) is 1.25. The van der Waals surface area contributed by atoms with Crippen molar-refractivity contribution in [1.82, 2.24) is 0 Å². The first-order valence-electron chi connectivity index (χ1n) is 3.97. The highest BCUT2D eigenvalue weighted by molar-refractivity contribution is 5.13. The van der Waals surface area contributed by atoms with E-state index >= 15 is 0 Å². The van der Waals surface area contributed by atoms with Crippen LogP contribution in [0.15, 0.2) is 30.3 Å². The van der Waals surface area contributed by atoms with Crippen LogP contribution in [0.25, 0.3) is 0 Å². The molecule has 0 aliphatic carbocycles. The summed E-state index contributed by atoms with van der Waals surface area (Å²) < 4.78 is 0. The topological polar surface area (TPSA) is 0 Å². The lowest BCUT2D eigenvalue weighted by Gasteiger charge is -1.89. The molecule has 0 spiro atoms. The van der Waals surface area contributed by atoms with E-state index in [0.29, 0.717) is 0 Å². The highest BCUT2D eigenvalue weighted by Crippen LogP contribution is 1.96. The molecule has 0 amide bonds. The lowest BCUT2D eigenvalue weighted by Crippen LogP contribution is -1.73. The number of hydrogen-bond donors (Lipinski definition) is 0. The van der Waals surface area contributed by atoms with Gasteiger partial charge in [-0.3, -0.25) is 0 Å². The Hall–Kier alpha value is -0.780. The van der Waals surface area contributed by atoms with Gasteiger partial charge in [0, 0.05) is 0 Å². The molecule has 0 saturated heterocycles. The molecule has 0 bridgehead atoms. The molecule has 11 heavy (non-hydrogen) atoms. The first-order valence-corrected chi connectivity index (χ1v) is 3.97. The van der Waals surface area contributed by atoms with Gasteiger partial charge in [0.2, 0.25) is 0 Å². The Morgan fingerprint density at radius 1 is 1.00 bits per heavy atom. The van der Waals surface area contributed by atoms with E-state index in [0.717, 1.165) is 6.42 Å². The molecule has 1 aromatic carbocycles. The summed E-state index contributed by atoms with van der Waals surface area (Å²) in [5, 5.41) is 0. The van der Waals surface area contributed by atoms with E-state index in [1.165, 1.54) is 5.56 Å². The van der Waals surface area contributed by atoms with Crippen molar-refractivity contribution in [3.8, 4) is 0 Å². The van der Waals surface area contributed by atoms with Crippen LogP contribution in [0.1, 0.15) is 33.8 Å². The third-order valence-corrected chi connectivity index (χ3v) is 1.25. The Bertz CT molecular complexity index is 141. The molecule has 1 aromatic rings. The fraction of sp³-hybridized carbons (Fsp3) is 0.455. The molecule has 0 heterocycles. The van der Waals surface area contributed by atoms with Crippen LogP contribution in [-0.2, 0) is 6.42 Å². The smallest absolute Gasteiger partial charge is 0.0307 e. The summed E-state index contributed by atoms with van der Waals surface area (Å²) in [6.07, 6.45) is 1.14. The van der Waals surface area contributed by atoms with Gasteiger partial charge < -0.3 is 0 Å². The van der Waals surface area contributed by atoms with Crippen LogP contribution in [0.4, 0.5) is 0 Å². The van der Waals surface area contributed by atoms with E-state index < -0.39 is 0 Å². The molecule has 0 atom stereocenters. The normalized spacial score (nSPS) is 7.18. The fourth-order valence-electron chi connectivity index (χ4n) is 0.714. The Morgan fingerprint density at radius 2 is 1.45 bits per heavy atom. The third kappa shape index (κ3) is 5.65. The van der Waals surface area contributed by atoms with Gasteiger partial charge in [0.05, 0.1) is 0 Å². The highest BCUT2D eigenvalue weighted by Gasteiger charge is 1.79. The summed E-state index contributed by atoms with van der Waals surface area (Å²) in [7, 11) is 0. The second kappa shape index (κ2) is 9.22. The zero-order valence-corrected chi connectivity index (χ0v) is 7.09. The molecule has 1 rings (SSSR count). The van der Waals surface area contributed by atoms with Gasteiger partial charge in [-0.1, -0.05) is 58.5 Å². The molecule has 0 nitrogen and oxygen atoms in total. The average Bonchev–Trinajstić information content (AvgIpc) is 2.10. The number of aryl methyl sites for hydroxylation is 1. The van der Waals surface area contributed by atoms with Gasteiger partial charge >= 0.3 is 0 Å². The molecule has 0 N–H and O–H groups in total. The van der Waals surface area contributed by atoms with Crippen molar-refractivity contribution in [2.75, 3.05) is 0 Å². The van der Waals surface area contributed by atoms with Crippen molar-refractivity contribution in [3.63, 3.8) is 0 Å². The molecule has 0 aliphatic rings. The zero-order valence-electron chi connectivity index (χ0n) is 7.09. The quantitative estimate of drug-likeness (QED) is 0.572. The van der Waals surface area contributed by atoms with Gasteiger partial charge in [0.15, 0.2) is 0 Å². The summed E-state index contributed by atoms with van der Waals surface area (Å²) in [4.78, 5) is 0. The first kappa shape index (κ1) is 12.9. The van der Waals surface area contributed by atoms with E-state index in [1.54, 1.807) is 0 Å². The minimum Gasteiger partial charge on any atom is -0.0776 e. The maximum absolute atomic E-state index is 2.16. The molecular weight excluding hydrogens is 132 g/mol. The summed E-state index contributed by atoms with van der Waals surface area (Å²) >= 11 is 0. The van der Waals surface area contributed by atoms with E-state index in [4.69, 9.17) is 0 Å². The molecule has 0 heteroatoms. The summed E-state index contributed by atoms with van der Waals surface area (Å²) in [6.45, 7) is 6.16. The lowest BCUT2D eigenvalue weighted by atomic mass is 10.2. The molecule has 0 aliphatic heterocycles. The van der Waals surface area contributed by atoms with Gasteiger partial charge in [-0.15, -0.1) is 0 Å². The molecule has 0 aromatic heterocycles. The molecular formula is C11H20. The van der Waals surface area contributed by atoms with Crippen molar-refractivity contribution >= 4 is 0 Å². The van der Waals surface area contributed by atoms with Gasteiger partial charge in [-0.25, -0.2) is 0 Å². The minimum absolute atomic E-state index is 0. The van der Waals surface area contributed by atoms with Gasteiger partial charge in [0.1, 0.15) is 0 Å². The van der Waals surface area contributed by atoms with Crippen molar-refractivity contribution in [2.45, 2.75) is 34.6 Å². The standard InChI is InChI=1S/C8H10.C2H6.CH4/c1-2-8-6-4-3-5-7-8;1-2;/h3-7H,2H2,1H3;1-2H3;1H4. The largest absolute Gasteiger partial charge is 0.0776 e. The van der Waals surface area contributed by atoms with Crippen LogP contribution < -0.4 is 0 Å². The minimum atomic E-state index is 0. The maximum atomic E-state index is 2.16. The van der Waals surface area contributed by atoms with Gasteiger partial charge in [-0.2, -0.15) is 0 Å². The molecule has 0 unspecified atom stereocenters. The Kier molecular flexibility index (Phi) is 10.8. The van der Waals surface area contributed by atoms with E-state index in [-0.39, 0.29) is 7.43 Å². The lowest BCUT2D eigenvalue weighted by molar-refractivity contribution is 1.14. The predicted octanol–water partition coefficient (Wildman–Crippen LogP) is 3.91. The first-order chi connectivity index (χ1) is 4.93. The highest BCUT2D eigenvalue weighted by atomic mass is 13.9. The zero-order chi connectivity index (χ0) is 7.82. The molecule has 0 saturated carbocycles. The summed E-state index contributed by atoms with van der Waals surface area (Å²) in [5.74, 6) is 0. The molecule has 0 radical (unpaired) electrons. The Morgan fingerprint density at radius 3 is 1.73 bits per heavy atom. The summed E-state index contributed by atoms with van der Waals surface area (Å²) in [6, 6.07) is 10.5. The average molecular weight is 152 g/mol. The van der Waals surface area contributed by atoms with E-state index in [1.807, 2.05) is 19.9 Å². The molecule has 64 valence electrons. The van der Waals surface area contributed by atoms with Crippen molar-refractivity contribution in [1.29, 1.82) is 0 Å². The number of benzene rings is 1. The van der Waals surface area contributed by atoms with Crippen molar-refractivity contribution < 1.29 is 0 Å². The van der Waals surface area contributed by atoms with Crippen LogP contribution in [0.5, 0.6) is 0 Å². The number of rotatable bonds is 1. The van der Waals surface area contributed by atoms with Crippen LogP contribution in [-0.4, -0.2) is 0 Å². The van der Waals surface area contributed by atoms with Crippen LogP contribution in [0.3, 0.4) is 0 Å². The van der Waals surface area contributed by atoms with Crippen LogP contribution in [0, 0.1) is 0 Å². The van der Waals surface area contributed by atoms with E-state index in [2.05, 4.69) is 31.2 Å². The monoisotopic (exact) mass is 152 g/mol. The van der Waals surface area contributed by atoms with Gasteiger partial charge in [-0.05, 0) is 12.0 Å². The Balaban J connectivity index is 0. The van der Waals surface area contributed by atoms with Crippen LogP contribution in [0.2, 0.25) is 0 Å². The SMILES string of the molecule is C.CC.CCc1ccccc1. The maximum Gasteiger partial charge on any atom is -0.0307 e. The van der Waals surface area contributed by atoms with E-state index in [9.17, 15) is 0 Å².